The molecule has 0 bridgehead atoms. The highest BCUT2D eigenvalue weighted by Crippen LogP contribution is 2.29. The van der Waals surface area contributed by atoms with Gasteiger partial charge in [0.25, 0.3) is 0 Å². The molecule has 1 aliphatic heterocycles. The van der Waals surface area contributed by atoms with Crippen LogP contribution in [-0.4, -0.2) is 60.4 Å². The Hall–Kier alpha value is -2.47. The number of benzene rings is 1. The number of likely N-dealkylation sites (N-methyl/N-ethyl adjacent to an activating group) is 1. The Morgan fingerprint density at radius 3 is 2.44 bits per heavy atom. The van der Waals surface area contributed by atoms with Gasteiger partial charge in [-0.1, -0.05) is 24.3 Å². The lowest BCUT2D eigenvalue weighted by Crippen LogP contribution is -2.43. The number of aryl methyl sites for hydroxylation is 2. The molecule has 0 aliphatic carbocycles. The molecule has 6 heteroatoms. The van der Waals surface area contributed by atoms with Crippen LogP contribution in [-0.2, 0) is 17.8 Å². The summed E-state index contributed by atoms with van der Waals surface area (Å²) in [6.45, 7) is 5.19. The lowest BCUT2D eigenvalue weighted by atomic mass is 9.97. The molecule has 1 aliphatic rings. The molecule has 3 rings (SSSR count). The van der Waals surface area contributed by atoms with Crippen LogP contribution in [0.2, 0.25) is 0 Å². The maximum atomic E-state index is 13.4. The Labute approximate surface area is 161 Å². The van der Waals surface area contributed by atoms with Gasteiger partial charge in [0.05, 0.1) is 12.2 Å². The minimum atomic E-state index is -0.288. The maximum absolute atomic E-state index is 13.4. The van der Waals surface area contributed by atoms with Crippen molar-refractivity contribution in [2.75, 3.05) is 39.6 Å². The minimum Gasteiger partial charge on any atom is -0.362 e. The van der Waals surface area contributed by atoms with E-state index in [-0.39, 0.29) is 11.9 Å². The first-order valence-electron chi connectivity index (χ1n) is 9.34. The predicted octanol–water partition coefficient (Wildman–Crippen LogP) is 2.35. The Morgan fingerprint density at radius 1 is 1.11 bits per heavy atom. The zero-order chi connectivity index (χ0) is 19.7. The first-order chi connectivity index (χ1) is 12.8. The molecule has 6 nitrogen and oxygen atoms in total. The third-order valence-electron chi connectivity index (χ3n) is 5.12. The molecule has 1 aromatic heterocycles. The summed E-state index contributed by atoms with van der Waals surface area (Å²) in [5.41, 5.74) is 4.32. The molecule has 1 aromatic carbocycles. The number of hydrogen-bond donors (Lipinski definition) is 0. The summed E-state index contributed by atoms with van der Waals surface area (Å²) in [6.07, 6.45) is 0.781. The summed E-state index contributed by atoms with van der Waals surface area (Å²) in [5.74, 6) is 1.84. The van der Waals surface area contributed by atoms with Gasteiger partial charge in [-0.2, -0.15) is 0 Å². The fourth-order valence-electron chi connectivity index (χ4n) is 3.79. The van der Waals surface area contributed by atoms with E-state index in [4.69, 9.17) is 0 Å². The topological polar surface area (TPSA) is 52.6 Å². The van der Waals surface area contributed by atoms with E-state index < -0.39 is 0 Å². The van der Waals surface area contributed by atoms with Crippen molar-refractivity contribution in [1.29, 1.82) is 0 Å². The van der Waals surface area contributed by atoms with Gasteiger partial charge in [0, 0.05) is 26.2 Å². The second kappa shape index (κ2) is 7.64. The standard InChI is InChI=1S/C21H29N5O/c1-14-9-7-8-10-16(14)19(24(3)4)21(27)26-12-11-17-18(13-26)22-15(2)23-20(17)25(5)6/h7-10,19H,11-13H2,1-6H3. The number of carbonyl (C=O) groups excluding carboxylic acids is 1. The first-order valence-corrected chi connectivity index (χ1v) is 9.34. The minimum absolute atomic E-state index is 0.127. The molecule has 1 amide bonds. The van der Waals surface area contributed by atoms with E-state index in [1.807, 2.05) is 68.0 Å². The summed E-state index contributed by atoms with van der Waals surface area (Å²) in [6, 6.07) is 7.83. The van der Waals surface area contributed by atoms with E-state index in [1.54, 1.807) is 0 Å². The molecule has 2 aromatic rings. The normalized spacial score (nSPS) is 14.9. The van der Waals surface area contributed by atoms with E-state index in [9.17, 15) is 4.79 Å². The van der Waals surface area contributed by atoms with Gasteiger partial charge < -0.3 is 9.80 Å². The summed E-state index contributed by atoms with van der Waals surface area (Å²) in [7, 11) is 7.92. The molecule has 0 radical (unpaired) electrons. The van der Waals surface area contributed by atoms with Crippen LogP contribution in [0.15, 0.2) is 24.3 Å². The highest BCUT2D eigenvalue weighted by atomic mass is 16.2. The van der Waals surface area contributed by atoms with Gasteiger partial charge in [0.15, 0.2) is 0 Å². The third kappa shape index (κ3) is 3.81. The van der Waals surface area contributed by atoms with Gasteiger partial charge in [0.1, 0.15) is 17.7 Å². The van der Waals surface area contributed by atoms with Crippen molar-refractivity contribution in [2.24, 2.45) is 0 Å². The summed E-state index contributed by atoms with van der Waals surface area (Å²) in [4.78, 5) is 28.6. The number of nitrogens with zero attached hydrogens (tertiary/aromatic N) is 5. The number of aromatic nitrogens is 2. The molecule has 0 fully saturated rings. The average Bonchev–Trinajstić information content (AvgIpc) is 2.61. The number of anilines is 1. The second-order valence-electron chi connectivity index (χ2n) is 7.65. The van der Waals surface area contributed by atoms with E-state index in [0.29, 0.717) is 13.1 Å². The van der Waals surface area contributed by atoms with E-state index in [1.165, 1.54) is 0 Å². The van der Waals surface area contributed by atoms with Crippen LogP contribution in [0.25, 0.3) is 0 Å². The highest BCUT2D eigenvalue weighted by molar-refractivity contribution is 5.84. The number of hydrogen-bond acceptors (Lipinski definition) is 5. The molecule has 0 spiro atoms. The lowest BCUT2D eigenvalue weighted by molar-refractivity contribution is -0.137. The Balaban J connectivity index is 1.92. The molecular formula is C21H29N5O. The molecule has 0 saturated carbocycles. The third-order valence-corrected chi connectivity index (χ3v) is 5.12. The highest BCUT2D eigenvalue weighted by Gasteiger charge is 2.32. The van der Waals surface area contributed by atoms with Crippen LogP contribution in [0.4, 0.5) is 5.82 Å². The molecule has 144 valence electrons. The number of carbonyl (C=O) groups is 1. The van der Waals surface area contributed by atoms with E-state index in [2.05, 4.69) is 23.0 Å². The Bertz CT molecular complexity index is 846. The number of rotatable bonds is 4. The zero-order valence-corrected chi connectivity index (χ0v) is 17.2. The average molecular weight is 367 g/mol. The van der Waals surface area contributed by atoms with Crippen molar-refractivity contribution in [3.05, 3.63) is 52.5 Å². The zero-order valence-electron chi connectivity index (χ0n) is 17.2. The van der Waals surface area contributed by atoms with Crippen molar-refractivity contribution in [2.45, 2.75) is 32.9 Å². The first kappa shape index (κ1) is 19.3. The Kier molecular flexibility index (Phi) is 5.46. The van der Waals surface area contributed by atoms with Crippen LogP contribution >= 0.6 is 0 Å². The fraction of sp³-hybridized carbons (Fsp3) is 0.476. The molecule has 27 heavy (non-hydrogen) atoms. The molecular weight excluding hydrogens is 338 g/mol. The van der Waals surface area contributed by atoms with Crippen molar-refractivity contribution >= 4 is 11.7 Å². The molecule has 1 unspecified atom stereocenters. The van der Waals surface area contributed by atoms with Crippen molar-refractivity contribution in [1.82, 2.24) is 19.8 Å². The van der Waals surface area contributed by atoms with Gasteiger partial charge in [0.2, 0.25) is 5.91 Å². The number of amides is 1. The van der Waals surface area contributed by atoms with Gasteiger partial charge >= 0.3 is 0 Å². The van der Waals surface area contributed by atoms with Crippen LogP contribution in [0.3, 0.4) is 0 Å². The molecule has 0 saturated heterocycles. The molecule has 0 N–H and O–H groups in total. The SMILES string of the molecule is Cc1nc2c(c(N(C)C)n1)CCN(C(=O)C(c1ccccc1C)N(C)C)C2. The molecule has 1 atom stereocenters. The van der Waals surface area contributed by atoms with Crippen LogP contribution < -0.4 is 4.90 Å². The molecule has 2 heterocycles. The second-order valence-corrected chi connectivity index (χ2v) is 7.65. The summed E-state index contributed by atoms with van der Waals surface area (Å²) < 4.78 is 0. The van der Waals surface area contributed by atoms with E-state index in [0.717, 1.165) is 40.4 Å². The predicted molar refractivity (Wildman–Crippen MR) is 108 cm³/mol. The lowest BCUT2D eigenvalue weighted by Gasteiger charge is -2.35. The van der Waals surface area contributed by atoms with Gasteiger partial charge in [-0.15, -0.1) is 0 Å². The van der Waals surface area contributed by atoms with E-state index >= 15 is 0 Å². The fourth-order valence-corrected chi connectivity index (χ4v) is 3.79. The summed E-state index contributed by atoms with van der Waals surface area (Å²) >= 11 is 0. The van der Waals surface area contributed by atoms with Gasteiger partial charge in [-0.3, -0.25) is 9.69 Å². The Morgan fingerprint density at radius 2 is 1.81 bits per heavy atom. The van der Waals surface area contributed by atoms with Gasteiger partial charge in [-0.25, -0.2) is 9.97 Å². The smallest absolute Gasteiger partial charge is 0.244 e. The van der Waals surface area contributed by atoms with Crippen LogP contribution in [0, 0.1) is 13.8 Å². The van der Waals surface area contributed by atoms with Crippen molar-refractivity contribution in [3.8, 4) is 0 Å². The monoisotopic (exact) mass is 367 g/mol. The summed E-state index contributed by atoms with van der Waals surface area (Å²) in [5, 5.41) is 0. The maximum Gasteiger partial charge on any atom is 0.244 e. The van der Waals surface area contributed by atoms with Crippen LogP contribution in [0.5, 0.6) is 0 Å². The quantitative estimate of drug-likeness (QED) is 0.830. The number of fused-ring (bicyclic) bond motifs is 1. The van der Waals surface area contributed by atoms with Crippen molar-refractivity contribution < 1.29 is 4.79 Å². The van der Waals surface area contributed by atoms with Crippen molar-refractivity contribution in [3.63, 3.8) is 0 Å². The van der Waals surface area contributed by atoms with Crippen LogP contribution in [0.1, 0.15) is 34.3 Å². The largest absolute Gasteiger partial charge is 0.362 e. The van der Waals surface area contributed by atoms with Gasteiger partial charge in [-0.05, 0) is 45.5 Å².